The Bertz CT molecular complexity index is 1330. The summed E-state index contributed by atoms with van der Waals surface area (Å²) in [6.45, 7) is 3.63. The van der Waals surface area contributed by atoms with Crippen LogP contribution in [0, 0.1) is 31.0 Å². The highest BCUT2D eigenvalue weighted by Crippen LogP contribution is 2.35. The lowest BCUT2D eigenvalue weighted by Gasteiger charge is -2.13. The highest BCUT2D eigenvalue weighted by molar-refractivity contribution is 9.11. The third-order valence-electron chi connectivity index (χ3n) is 4.81. The molecule has 0 aliphatic heterocycles. The largest absolute Gasteiger partial charge is 0.481 e. The van der Waals surface area contributed by atoms with Crippen molar-refractivity contribution in [2.75, 3.05) is 17.2 Å². The molecule has 0 atom stereocenters. The molecule has 2 N–H and O–H groups in total. The minimum Gasteiger partial charge on any atom is -0.481 e. The molecule has 0 unspecified atom stereocenters. The number of aryl methyl sites for hydroxylation is 2. The van der Waals surface area contributed by atoms with Crippen LogP contribution in [-0.2, 0) is 9.59 Å². The van der Waals surface area contributed by atoms with Crippen molar-refractivity contribution in [3.63, 3.8) is 0 Å². The summed E-state index contributed by atoms with van der Waals surface area (Å²) in [5.41, 5.74) is 3.46. The van der Waals surface area contributed by atoms with Gasteiger partial charge in [-0.15, -0.1) is 0 Å². The number of halogens is 3. The van der Waals surface area contributed by atoms with Crippen molar-refractivity contribution < 1.29 is 18.7 Å². The fourth-order valence-electron chi connectivity index (χ4n) is 3.04. The Morgan fingerprint density at radius 2 is 1.69 bits per heavy atom. The zero-order chi connectivity index (χ0) is 25.5. The molecule has 178 valence electrons. The van der Waals surface area contributed by atoms with Gasteiger partial charge in [0, 0.05) is 11.4 Å². The topological polar surface area (TPSA) is 91.2 Å². The number of carbonyl (C=O) groups excluding carboxylic acids is 2. The quantitative estimate of drug-likeness (QED) is 0.238. The van der Waals surface area contributed by atoms with Crippen molar-refractivity contribution >= 4 is 61.1 Å². The van der Waals surface area contributed by atoms with Crippen LogP contribution in [0.1, 0.15) is 16.7 Å². The molecule has 2 amide bonds. The van der Waals surface area contributed by atoms with Crippen LogP contribution < -0.4 is 15.4 Å². The molecule has 0 aromatic heterocycles. The second kappa shape index (κ2) is 11.8. The molecule has 3 rings (SSSR count). The molecule has 0 spiro atoms. The van der Waals surface area contributed by atoms with Gasteiger partial charge in [-0.25, -0.2) is 4.39 Å². The molecule has 0 saturated carbocycles. The van der Waals surface area contributed by atoms with Gasteiger partial charge < -0.3 is 15.4 Å². The van der Waals surface area contributed by atoms with Gasteiger partial charge in [-0.1, -0.05) is 12.1 Å². The fourth-order valence-corrected chi connectivity index (χ4v) is 4.49. The average molecular weight is 601 g/mol. The molecule has 0 saturated heterocycles. The molecule has 0 aliphatic carbocycles. The first-order chi connectivity index (χ1) is 16.7. The lowest BCUT2D eigenvalue weighted by atomic mass is 10.1. The van der Waals surface area contributed by atoms with Gasteiger partial charge in [0.1, 0.15) is 23.2 Å². The summed E-state index contributed by atoms with van der Waals surface area (Å²) in [6, 6.07) is 16.2. The number of ether oxygens (including phenoxy) is 1. The van der Waals surface area contributed by atoms with Gasteiger partial charge in [0.05, 0.1) is 8.95 Å². The lowest BCUT2D eigenvalue weighted by molar-refractivity contribution is -0.118. The van der Waals surface area contributed by atoms with E-state index < -0.39 is 11.7 Å². The van der Waals surface area contributed by atoms with E-state index in [1.165, 1.54) is 30.3 Å². The molecule has 9 heteroatoms. The van der Waals surface area contributed by atoms with E-state index in [4.69, 9.17) is 4.74 Å². The first kappa shape index (κ1) is 26.1. The second-order valence-corrected chi connectivity index (χ2v) is 9.31. The Balaban J connectivity index is 1.70. The number of carbonyl (C=O) groups is 2. The molecule has 0 radical (unpaired) electrons. The average Bonchev–Trinajstić information content (AvgIpc) is 2.80. The molecule has 3 aromatic carbocycles. The minimum absolute atomic E-state index is 0.144. The maximum absolute atomic E-state index is 13.1. The van der Waals surface area contributed by atoms with Crippen LogP contribution in [-0.4, -0.2) is 18.4 Å². The van der Waals surface area contributed by atoms with E-state index in [2.05, 4.69) is 42.5 Å². The Labute approximate surface area is 219 Å². The second-order valence-electron chi connectivity index (χ2n) is 7.60. The van der Waals surface area contributed by atoms with Crippen molar-refractivity contribution in [2.24, 2.45) is 0 Å². The maximum Gasteiger partial charge on any atom is 0.266 e. The summed E-state index contributed by atoms with van der Waals surface area (Å²) >= 11 is 6.82. The van der Waals surface area contributed by atoms with E-state index in [0.717, 1.165) is 16.8 Å². The van der Waals surface area contributed by atoms with Crippen LogP contribution in [0.2, 0.25) is 0 Å². The first-order valence-corrected chi connectivity index (χ1v) is 11.9. The number of hydrogen-bond acceptors (Lipinski definition) is 4. The molecule has 0 heterocycles. The van der Waals surface area contributed by atoms with Crippen molar-refractivity contribution in [2.45, 2.75) is 13.8 Å². The van der Waals surface area contributed by atoms with Crippen LogP contribution in [0.4, 0.5) is 15.8 Å². The normalized spacial score (nSPS) is 10.9. The number of amides is 2. The minimum atomic E-state index is -0.630. The van der Waals surface area contributed by atoms with Gasteiger partial charge in [0.15, 0.2) is 6.61 Å². The maximum atomic E-state index is 13.1. The smallest absolute Gasteiger partial charge is 0.266 e. The highest BCUT2D eigenvalue weighted by Gasteiger charge is 2.14. The predicted molar refractivity (Wildman–Crippen MR) is 141 cm³/mol. The van der Waals surface area contributed by atoms with Gasteiger partial charge in [-0.3, -0.25) is 9.59 Å². The number of nitriles is 1. The molecule has 6 nitrogen and oxygen atoms in total. The first-order valence-electron chi connectivity index (χ1n) is 10.3. The lowest BCUT2D eigenvalue weighted by Crippen LogP contribution is -2.21. The Kier molecular flexibility index (Phi) is 8.79. The van der Waals surface area contributed by atoms with Crippen molar-refractivity contribution in [3.8, 4) is 11.8 Å². The summed E-state index contributed by atoms with van der Waals surface area (Å²) in [7, 11) is 0. The summed E-state index contributed by atoms with van der Waals surface area (Å²) in [6.07, 6.45) is 1.41. The standard InChI is InChI=1S/C26H20Br2FN3O3/c1-15-3-4-16(2)23(9-15)32-24(33)14-35-25-21(27)11-17(12-22(25)28)10-18(13-30)26(34)31-20-7-5-19(29)6-8-20/h3-12H,14H2,1-2H3,(H,31,34)(H,32,33)/b18-10+. The third kappa shape index (κ3) is 7.25. The van der Waals surface area contributed by atoms with Crippen LogP contribution in [0.3, 0.4) is 0 Å². The Hall–Kier alpha value is -3.48. The van der Waals surface area contributed by atoms with Gasteiger partial charge in [0.2, 0.25) is 0 Å². The summed E-state index contributed by atoms with van der Waals surface area (Å²) < 4.78 is 19.8. The summed E-state index contributed by atoms with van der Waals surface area (Å²) in [4.78, 5) is 24.8. The monoisotopic (exact) mass is 599 g/mol. The van der Waals surface area contributed by atoms with Crippen LogP contribution >= 0.6 is 31.9 Å². The van der Waals surface area contributed by atoms with Crippen molar-refractivity contribution in [3.05, 3.63) is 91.6 Å². The van der Waals surface area contributed by atoms with Gasteiger partial charge in [0.25, 0.3) is 11.8 Å². The summed E-state index contributed by atoms with van der Waals surface area (Å²) in [5, 5.41) is 14.8. The van der Waals surface area contributed by atoms with E-state index >= 15 is 0 Å². The van der Waals surface area contributed by atoms with Crippen LogP contribution in [0.15, 0.2) is 69.1 Å². The molecule has 35 heavy (non-hydrogen) atoms. The number of hydrogen-bond donors (Lipinski definition) is 2. The van der Waals surface area contributed by atoms with Crippen LogP contribution in [0.5, 0.6) is 5.75 Å². The molecular formula is C26H20Br2FN3O3. The van der Waals surface area contributed by atoms with Crippen LogP contribution in [0.25, 0.3) is 6.08 Å². The highest BCUT2D eigenvalue weighted by atomic mass is 79.9. The fraction of sp³-hybridized carbons (Fsp3) is 0.115. The zero-order valence-corrected chi connectivity index (χ0v) is 22.0. The van der Waals surface area contributed by atoms with E-state index in [9.17, 15) is 19.2 Å². The summed E-state index contributed by atoms with van der Waals surface area (Å²) in [5.74, 6) is -0.980. The van der Waals surface area contributed by atoms with E-state index in [1.54, 1.807) is 12.1 Å². The zero-order valence-electron chi connectivity index (χ0n) is 18.8. The molecular weight excluding hydrogens is 581 g/mol. The number of benzene rings is 3. The SMILES string of the molecule is Cc1ccc(C)c(NC(=O)COc2c(Br)cc(/C=C(\C#N)C(=O)Nc3ccc(F)cc3)cc2Br)c1. The van der Waals surface area contributed by atoms with E-state index in [-0.39, 0.29) is 18.1 Å². The number of nitrogens with zero attached hydrogens (tertiary/aromatic N) is 1. The molecule has 0 fully saturated rings. The molecule has 3 aromatic rings. The van der Waals surface area contributed by atoms with Crippen molar-refractivity contribution in [1.29, 1.82) is 5.26 Å². The number of nitrogens with one attached hydrogen (secondary N) is 2. The van der Waals surface area contributed by atoms with E-state index in [1.807, 2.05) is 38.1 Å². The number of anilines is 2. The van der Waals surface area contributed by atoms with Gasteiger partial charge in [-0.2, -0.15) is 5.26 Å². The van der Waals surface area contributed by atoms with E-state index in [0.29, 0.717) is 25.9 Å². The number of rotatable bonds is 7. The Morgan fingerprint density at radius 1 is 1.03 bits per heavy atom. The van der Waals surface area contributed by atoms with Crippen molar-refractivity contribution in [1.82, 2.24) is 0 Å². The van der Waals surface area contributed by atoms with Gasteiger partial charge >= 0.3 is 0 Å². The Morgan fingerprint density at radius 3 is 2.31 bits per heavy atom. The predicted octanol–water partition coefficient (Wildman–Crippen LogP) is 6.53. The van der Waals surface area contributed by atoms with Gasteiger partial charge in [-0.05, 0) is 111 Å². The molecule has 0 aliphatic rings. The molecule has 0 bridgehead atoms. The third-order valence-corrected chi connectivity index (χ3v) is 5.99.